The molecule has 0 bridgehead atoms. The minimum absolute atomic E-state index is 0.210. The average molecular weight is 174 g/mol. The summed E-state index contributed by atoms with van der Waals surface area (Å²) in [6.45, 7) is 4.87. The van der Waals surface area contributed by atoms with Gasteiger partial charge >= 0.3 is 11.9 Å². The molecule has 0 amide bonds. The van der Waals surface area contributed by atoms with E-state index >= 15 is 0 Å². The Balaban J connectivity index is 4.52. The molecule has 0 aromatic carbocycles. The number of carbonyl (C=O) groups is 2. The van der Waals surface area contributed by atoms with Crippen LogP contribution in [0.3, 0.4) is 0 Å². The van der Waals surface area contributed by atoms with Crippen LogP contribution in [0.15, 0.2) is 0 Å². The molecular formula is C8H14O4. The molecule has 1 N–H and O–H groups in total. The highest BCUT2D eigenvalue weighted by Crippen LogP contribution is 2.22. The van der Waals surface area contributed by atoms with Gasteiger partial charge in [0.1, 0.15) is 0 Å². The van der Waals surface area contributed by atoms with Crippen molar-refractivity contribution in [1.82, 2.24) is 0 Å². The van der Waals surface area contributed by atoms with Gasteiger partial charge in [0.2, 0.25) is 0 Å². The van der Waals surface area contributed by atoms with E-state index in [4.69, 9.17) is 5.11 Å². The fraction of sp³-hybridized carbons (Fsp3) is 0.750. The highest BCUT2D eigenvalue weighted by atomic mass is 16.5. The predicted octanol–water partition coefficient (Wildman–Crippen LogP) is 1.05. The molecule has 0 heterocycles. The minimum Gasteiger partial charge on any atom is -0.480 e. The van der Waals surface area contributed by atoms with Crippen LogP contribution in [-0.2, 0) is 14.3 Å². The normalized spacial score (nSPS) is 14.9. The molecule has 70 valence electrons. The topological polar surface area (TPSA) is 63.6 Å². The van der Waals surface area contributed by atoms with Gasteiger partial charge in [0.15, 0.2) is 5.41 Å². The van der Waals surface area contributed by atoms with Crippen LogP contribution in [0.4, 0.5) is 0 Å². The molecule has 0 aliphatic rings. The van der Waals surface area contributed by atoms with Gasteiger partial charge in [0.25, 0.3) is 0 Å². The minimum atomic E-state index is -1.39. The summed E-state index contributed by atoms with van der Waals surface area (Å²) >= 11 is 0. The van der Waals surface area contributed by atoms with Gasteiger partial charge < -0.3 is 9.84 Å². The van der Waals surface area contributed by atoms with Crippen molar-refractivity contribution in [3.63, 3.8) is 0 Å². The Morgan fingerprint density at radius 1 is 1.42 bits per heavy atom. The molecule has 0 unspecified atom stereocenters. The van der Waals surface area contributed by atoms with Crippen LogP contribution in [0.25, 0.3) is 0 Å². The predicted molar refractivity (Wildman–Crippen MR) is 42.7 cm³/mol. The Bertz CT molecular complexity index is 187. The fourth-order valence-electron chi connectivity index (χ4n) is 0.673. The summed E-state index contributed by atoms with van der Waals surface area (Å²) < 4.78 is 4.64. The van der Waals surface area contributed by atoms with E-state index in [1.807, 2.05) is 0 Å². The summed E-state index contributed by atoms with van der Waals surface area (Å²) in [6.07, 6.45) is 0.237. The van der Waals surface area contributed by atoms with Crippen LogP contribution in [-0.4, -0.2) is 23.7 Å². The van der Waals surface area contributed by atoms with Crippen molar-refractivity contribution in [3.05, 3.63) is 0 Å². The number of ether oxygens (including phenoxy) is 1. The Morgan fingerprint density at radius 3 is 2.17 bits per heavy atom. The molecule has 0 saturated carbocycles. The van der Waals surface area contributed by atoms with Gasteiger partial charge in [-0.3, -0.25) is 9.59 Å². The van der Waals surface area contributed by atoms with Gasteiger partial charge in [-0.15, -0.1) is 0 Å². The van der Waals surface area contributed by atoms with Crippen molar-refractivity contribution in [2.75, 3.05) is 6.61 Å². The standard InChI is InChI=1S/C8H14O4/c1-4-8(3,6(9)10)7(11)12-5-2/h4-5H2,1-3H3,(H,9,10)/t8-/m1/s1. The first-order chi connectivity index (χ1) is 5.49. The van der Waals surface area contributed by atoms with Crippen LogP contribution >= 0.6 is 0 Å². The third-order valence-electron chi connectivity index (χ3n) is 1.91. The van der Waals surface area contributed by atoms with Gasteiger partial charge in [0.05, 0.1) is 6.61 Å². The smallest absolute Gasteiger partial charge is 0.323 e. The number of carboxylic acids is 1. The number of rotatable bonds is 4. The van der Waals surface area contributed by atoms with Crippen molar-refractivity contribution in [2.24, 2.45) is 5.41 Å². The van der Waals surface area contributed by atoms with Crippen molar-refractivity contribution in [2.45, 2.75) is 27.2 Å². The molecule has 0 rings (SSSR count). The lowest BCUT2D eigenvalue weighted by Gasteiger charge is -2.19. The molecule has 0 aliphatic carbocycles. The average Bonchev–Trinajstić information content (AvgIpc) is 2.03. The van der Waals surface area contributed by atoms with Crippen LogP contribution in [0, 0.1) is 5.41 Å². The molecule has 0 radical (unpaired) electrons. The van der Waals surface area contributed by atoms with E-state index in [2.05, 4.69) is 4.74 Å². The Hall–Kier alpha value is -1.06. The van der Waals surface area contributed by atoms with E-state index in [-0.39, 0.29) is 13.0 Å². The molecule has 4 nitrogen and oxygen atoms in total. The first kappa shape index (κ1) is 10.9. The van der Waals surface area contributed by atoms with E-state index in [0.29, 0.717) is 0 Å². The number of hydrogen-bond donors (Lipinski definition) is 1. The summed E-state index contributed by atoms with van der Waals surface area (Å²) in [5.74, 6) is -1.80. The SMILES string of the molecule is CCOC(=O)[C@](C)(CC)C(=O)O. The van der Waals surface area contributed by atoms with Crippen molar-refractivity contribution >= 4 is 11.9 Å². The Kier molecular flexibility index (Phi) is 3.73. The molecule has 12 heavy (non-hydrogen) atoms. The maximum atomic E-state index is 11.1. The third kappa shape index (κ3) is 1.96. The highest BCUT2D eigenvalue weighted by molar-refractivity contribution is 5.98. The summed E-state index contributed by atoms with van der Waals surface area (Å²) in [5, 5.41) is 8.73. The number of esters is 1. The maximum absolute atomic E-state index is 11.1. The van der Waals surface area contributed by atoms with Crippen LogP contribution in [0.1, 0.15) is 27.2 Å². The van der Waals surface area contributed by atoms with Crippen LogP contribution in [0.2, 0.25) is 0 Å². The Morgan fingerprint density at radius 2 is 1.92 bits per heavy atom. The first-order valence-electron chi connectivity index (χ1n) is 3.89. The summed E-state index contributed by atoms with van der Waals surface area (Å²) in [6, 6.07) is 0. The zero-order chi connectivity index (χ0) is 9.78. The van der Waals surface area contributed by atoms with E-state index in [1.54, 1.807) is 13.8 Å². The van der Waals surface area contributed by atoms with Crippen LogP contribution in [0.5, 0.6) is 0 Å². The maximum Gasteiger partial charge on any atom is 0.323 e. The van der Waals surface area contributed by atoms with E-state index in [9.17, 15) is 9.59 Å². The van der Waals surface area contributed by atoms with E-state index in [1.165, 1.54) is 6.92 Å². The number of aliphatic carboxylic acids is 1. The molecule has 0 aromatic heterocycles. The van der Waals surface area contributed by atoms with Crippen molar-refractivity contribution in [1.29, 1.82) is 0 Å². The fourth-order valence-corrected chi connectivity index (χ4v) is 0.673. The van der Waals surface area contributed by atoms with Gasteiger partial charge in [-0.1, -0.05) is 6.92 Å². The van der Waals surface area contributed by atoms with Crippen molar-refractivity contribution < 1.29 is 19.4 Å². The third-order valence-corrected chi connectivity index (χ3v) is 1.91. The molecule has 0 saturated heterocycles. The molecule has 0 spiro atoms. The summed E-state index contributed by atoms with van der Waals surface area (Å²) in [7, 11) is 0. The first-order valence-corrected chi connectivity index (χ1v) is 3.89. The van der Waals surface area contributed by atoms with Gasteiger partial charge in [-0.2, -0.15) is 0 Å². The second-order valence-corrected chi connectivity index (χ2v) is 2.71. The van der Waals surface area contributed by atoms with Gasteiger partial charge in [0, 0.05) is 0 Å². The van der Waals surface area contributed by atoms with E-state index in [0.717, 1.165) is 0 Å². The molecule has 0 fully saturated rings. The summed E-state index contributed by atoms with van der Waals surface area (Å²) in [5.41, 5.74) is -1.39. The lowest BCUT2D eigenvalue weighted by Crippen LogP contribution is -2.37. The van der Waals surface area contributed by atoms with Crippen LogP contribution < -0.4 is 0 Å². The molecular weight excluding hydrogens is 160 g/mol. The number of carbonyl (C=O) groups excluding carboxylic acids is 1. The second-order valence-electron chi connectivity index (χ2n) is 2.71. The molecule has 0 aromatic rings. The summed E-state index contributed by atoms with van der Waals surface area (Å²) in [4.78, 5) is 21.8. The zero-order valence-corrected chi connectivity index (χ0v) is 7.59. The van der Waals surface area contributed by atoms with Gasteiger partial charge in [-0.05, 0) is 20.3 Å². The second kappa shape index (κ2) is 4.09. The molecule has 0 aliphatic heterocycles. The highest BCUT2D eigenvalue weighted by Gasteiger charge is 2.40. The number of hydrogen-bond acceptors (Lipinski definition) is 3. The van der Waals surface area contributed by atoms with E-state index < -0.39 is 17.4 Å². The largest absolute Gasteiger partial charge is 0.480 e. The number of carboxylic acid groups (broad SMARTS) is 1. The van der Waals surface area contributed by atoms with Crippen molar-refractivity contribution in [3.8, 4) is 0 Å². The van der Waals surface area contributed by atoms with Gasteiger partial charge in [-0.25, -0.2) is 0 Å². The zero-order valence-electron chi connectivity index (χ0n) is 7.59. The monoisotopic (exact) mass is 174 g/mol. The quantitative estimate of drug-likeness (QED) is 0.511. The lowest BCUT2D eigenvalue weighted by atomic mass is 9.88. The Labute approximate surface area is 71.5 Å². The molecule has 1 atom stereocenters. The molecule has 4 heteroatoms. The lowest BCUT2D eigenvalue weighted by molar-refractivity contribution is -0.167.